The molecular weight excluding hydrogens is 232 g/mol. The summed E-state index contributed by atoms with van der Waals surface area (Å²) in [5.41, 5.74) is -0.305. The summed E-state index contributed by atoms with van der Waals surface area (Å²) in [6.45, 7) is 0. The van der Waals surface area contributed by atoms with Crippen molar-refractivity contribution in [2.75, 3.05) is 0 Å². The molecule has 0 fully saturated rings. The monoisotopic (exact) mass is 239 g/mol. The van der Waals surface area contributed by atoms with Gasteiger partial charge in [-0.3, -0.25) is 0 Å². The number of hydrogen-bond donors (Lipinski definition) is 1. The molecule has 2 rings (SSSR count). The fourth-order valence-electron chi connectivity index (χ4n) is 1.34. The van der Waals surface area contributed by atoms with E-state index in [4.69, 9.17) is 9.52 Å². The van der Waals surface area contributed by atoms with Crippen LogP contribution in [0.1, 0.15) is 22.7 Å². The van der Waals surface area contributed by atoms with Gasteiger partial charge in [0.15, 0.2) is 5.69 Å². The Hall–Kier alpha value is -2.24. The van der Waals surface area contributed by atoms with Crippen LogP contribution < -0.4 is 0 Å². The lowest BCUT2D eigenvalue weighted by Crippen LogP contribution is -2.01. The summed E-state index contributed by atoms with van der Waals surface area (Å²) in [5, 5.41) is 8.72. The Morgan fingerprint density at radius 2 is 1.94 bits per heavy atom. The number of hydrogen-bond acceptors (Lipinski definition) is 3. The quantitative estimate of drug-likeness (QED) is 0.894. The highest BCUT2D eigenvalue weighted by atomic mass is 19.3. The van der Waals surface area contributed by atoms with Crippen molar-refractivity contribution in [2.45, 2.75) is 6.43 Å². The van der Waals surface area contributed by atoms with Crippen LogP contribution in [-0.4, -0.2) is 16.1 Å². The fourth-order valence-corrected chi connectivity index (χ4v) is 1.34. The highest BCUT2D eigenvalue weighted by Gasteiger charge is 2.26. The first kappa shape index (κ1) is 11.3. The highest BCUT2D eigenvalue weighted by Crippen LogP contribution is 2.28. The van der Waals surface area contributed by atoms with Crippen molar-refractivity contribution in [1.29, 1.82) is 0 Å². The molecule has 0 bridgehead atoms. The van der Waals surface area contributed by atoms with Gasteiger partial charge in [0.25, 0.3) is 6.43 Å². The third kappa shape index (κ3) is 2.15. The van der Waals surface area contributed by atoms with Gasteiger partial charge in [0.1, 0.15) is 0 Å². The molecule has 4 nitrogen and oxygen atoms in total. The van der Waals surface area contributed by atoms with E-state index < -0.39 is 23.8 Å². The van der Waals surface area contributed by atoms with Gasteiger partial charge in [-0.15, -0.1) is 0 Å². The maximum absolute atomic E-state index is 12.5. The van der Waals surface area contributed by atoms with E-state index in [0.717, 1.165) is 0 Å². The Morgan fingerprint density at radius 3 is 2.41 bits per heavy atom. The van der Waals surface area contributed by atoms with Gasteiger partial charge >= 0.3 is 5.97 Å². The molecule has 88 valence electrons. The maximum Gasteiger partial charge on any atom is 0.358 e. The van der Waals surface area contributed by atoms with E-state index in [1.54, 1.807) is 30.3 Å². The molecule has 1 heterocycles. The third-order valence-corrected chi connectivity index (χ3v) is 2.07. The maximum atomic E-state index is 12.5. The number of alkyl halides is 2. The molecule has 6 heteroatoms. The van der Waals surface area contributed by atoms with E-state index in [1.165, 1.54) is 0 Å². The fraction of sp³-hybridized carbons (Fsp3) is 0.0909. The topological polar surface area (TPSA) is 63.3 Å². The zero-order chi connectivity index (χ0) is 12.4. The molecule has 0 amide bonds. The van der Waals surface area contributed by atoms with Crippen LogP contribution in [0.5, 0.6) is 0 Å². The van der Waals surface area contributed by atoms with Crippen molar-refractivity contribution in [3.05, 3.63) is 41.8 Å². The number of aromatic carboxylic acids is 1. The number of nitrogens with zero attached hydrogens (tertiary/aromatic N) is 1. The average Bonchev–Trinajstić information content (AvgIpc) is 2.75. The van der Waals surface area contributed by atoms with Crippen molar-refractivity contribution in [3.8, 4) is 11.5 Å². The number of carbonyl (C=O) groups is 1. The number of rotatable bonds is 3. The van der Waals surface area contributed by atoms with E-state index in [2.05, 4.69) is 4.98 Å². The second-order valence-corrected chi connectivity index (χ2v) is 3.20. The third-order valence-electron chi connectivity index (χ3n) is 2.07. The molecule has 0 saturated heterocycles. The van der Waals surface area contributed by atoms with E-state index in [9.17, 15) is 13.6 Å². The molecular formula is C11H7F2NO3. The minimum Gasteiger partial charge on any atom is -0.476 e. The summed E-state index contributed by atoms with van der Waals surface area (Å²) in [6.07, 6.45) is -3.01. The van der Waals surface area contributed by atoms with E-state index in [-0.39, 0.29) is 5.89 Å². The lowest BCUT2D eigenvalue weighted by molar-refractivity contribution is 0.0668. The summed E-state index contributed by atoms with van der Waals surface area (Å²) in [6, 6.07) is 8.25. The Morgan fingerprint density at radius 1 is 1.29 bits per heavy atom. The molecule has 1 N–H and O–H groups in total. The Bertz CT molecular complexity index is 537. The standard InChI is InChI=1S/C11H7F2NO3/c12-9(13)8-7(11(15)16)14-10(17-8)6-4-2-1-3-5-6/h1-5,9H,(H,15,16). The first-order chi connectivity index (χ1) is 8.09. The summed E-state index contributed by atoms with van der Waals surface area (Å²) in [5.74, 6) is -2.58. The van der Waals surface area contributed by atoms with Crippen molar-refractivity contribution >= 4 is 5.97 Å². The van der Waals surface area contributed by atoms with Crippen LogP contribution in [0.25, 0.3) is 11.5 Å². The SMILES string of the molecule is O=C(O)c1nc(-c2ccccc2)oc1C(F)F. The predicted molar refractivity (Wildman–Crippen MR) is 53.9 cm³/mol. The largest absolute Gasteiger partial charge is 0.476 e. The van der Waals surface area contributed by atoms with Gasteiger partial charge in [-0.1, -0.05) is 18.2 Å². The van der Waals surface area contributed by atoms with Gasteiger partial charge in [0.2, 0.25) is 11.7 Å². The smallest absolute Gasteiger partial charge is 0.358 e. The van der Waals surface area contributed by atoms with Gasteiger partial charge in [-0.25, -0.2) is 18.6 Å². The molecule has 0 aliphatic carbocycles. The molecule has 0 spiro atoms. The van der Waals surface area contributed by atoms with Crippen LogP contribution in [0.4, 0.5) is 8.78 Å². The molecule has 1 aromatic heterocycles. The van der Waals surface area contributed by atoms with E-state index >= 15 is 0 Å². The lowest BCUT2D eigenvalue weighted by Gasteiger charge is -1.94. The van der Waals surface area contributed by atoms with Crippen LogP contribution in [0.2, 0.25) is 0 Å². The van der Waals surface area contributed by atoms with Crippen LogP contribution >= 0.6 is 0 Å². The number of aromatic nitrogens is 1. The van der Waals surface area contributed by atoms with Gasteiger partial charge in [0, 0.05) is 5.56 Å². The second-order valence-electron chi connectivity index (χ2n) is 3.20. The molecule has 0 atom stereocenters. The average molecular weight is 239 g/mol. The summed E-state index contributed by atoms with van der Waals surface area (Å²) in [4.78, 5) is 14.3. The van der Waals surface area contributed by atoms with E-state index in [1.807, 2.05) is 0 Å². The number of halogens is 2. The normalized spacial score (nSPS) is 10.8. The van der Waals surface area contributed by atoms with Gasteiger partial charge in [0.05, 0.1) is 0 Å². The molecule has 0 unspecified atom stereocenters. The molecule has 0 saturated carbocycles. The highest BCUT2D eigenvalue weighted by molar-refractivity contribution is 5.87. The molecule has 0 aliphatic heterocycles. The zero-order valence-electron chi connectivity index (χ0n) is 8.43. The van der Waals surface area contributed by atoms with Crippen LogP contribution in [-0.2, 0) is 0 Å². The predicted octanol–water partition coefficient (Wildman–Crippen LogP) is 2.98. The van der Waals surface area contributed by atoms with Crippen molar-refractivity contribution in [3.63, 3.8) is 0 Å². The van der Waals surface area contributed by atoms with Gasteiger partial charge < -0.3 is 9.52 Å². The number of carboxylic acids is 1. The molecule has 0 radical (unpaired) electrons. The van der Waals surface area contributed by atoms with Crippen LogP contribution in [0.15, 0.2) is 34.7 Å². The first-order valence-electron chi connectivity index (χ1n) is 4.67. The van der Waals surface area contributed by atoms with Crippen LogP contribution in [0.3, 0.4) is 0 Å². The minimum atomic E-state index is -3.01. The molecule has 1 aromatic carbocycles. The number of carboxylic acid groups (broad SMARTS) is 1. The molecule has 2 aromatic rings. The Balaban J connectivity index is 2.51. The van der Waals surface area contributed by atoms with Crippen molar-refractivity contribution < 1.29 is 23.1 Å². The summed E-state index contributed by atoms with van der Waals surface area (Å²) < 4.78 is 29.8. The second kappa shape index (κ2) is 4.32. The van der Waals surface area contributed by atoms with Crippen molar-refractivity contribution in [1.82, 2.24) is 4.98 Å². The van der Waals surface area contributed by atoms with Gasteiger partial charge in [-0.05, 0) is 12.1 Å². The first-order valence-corrected chi connectivity index (χ1v) is 4.67. The Kier molecular flexibility index (Phi) is 2.86. The van der Waals surface area contributed by atoms with E-state index in [0.29, 0.717) is 5.56 Å². The lowest BCUT2D eigenvalue weighted by atomic mass is 10.2. The van der Waals surface area contributed by atoms with Crippen LogP contribution in [0, 0.1) is 0 Å². The molecule has 0 aliphatic rings. The number of oxazole rings is 1. The summed E-state index contributed by atoms with van der Waals surface area (Å²) in [7, 11) is 0. The number of benzene rings is 1. The molecule has 17 heavy (non-hydrogen) atoms. The zero-order valence-corrected chi connectivity index (χ0v) is 8.43. The minimum absolute atomic E-state index is 0.127. The Labute approximate surface area is 94.5 Å². The van der Waals surface area contributed by atoms with Crippen molar-refractivity contribution in [2.24, 2.45) is 0 Å². The van der Waals surface area contributed by atoms with Gasteiger partial charge in [-0.2, -0.15) is 0 Å². The summed E-state index contributed by atoms with van der Waals surface area (Å²) >= 11 is 0.